The standard InChI is InChI=1S/3C26H20N2O3/c3*1-17-6-8-18(9-7-17)14-20(29)15-19-10-11-21-22(16-19)28-26(24-5-3-13-31-24)25(27-21)23-4-2-12-30-23/h3*2-13,16H,14-15H2,1H3. The lowest BCUT2D eigenvalue weighted by atomic mass is 10.0. The van der Waals surface area contributed by atoms with Crippen molar-refractivity contribution in [2.45, 2.75) is 59.3 Å². The van der Waals surface area contributed by atoms with E-state index in [1.807, 2.05) is 221 Å². The van der Waals surface area contributed by atoms with E-state index >= 15 is 0 Å². The van der Waals surface area contributed by atoms with Gasteiger partial charge in [-0.25, -0.2) is 29.9 Å². The molecule has 9 heterocycles. The predicted molar refractivity (Wildman–Crippen MR) is 356 cm³/mol. The number of hydrogen-bond donors (Lipinski definition) is 0. The average molecular weight is 1230 g/mol. The molecule has 9 aromatic heterocycles. The molecule has 0 aliphatic carbocycles. The Morgan fingerprint density at radius 3 is 0.645 bits per heavy atom. The molecule has 0 aliphatic heterocycles. The van der Waals surface area contributed by atoms with Crippen LogP contribution in [0, 0.1) is 20.8 Å². The number of hydrogen-bond acceptors (Lipinski definition) is 15. The molecule has 0 amide bonds. The van der Waals surface area contributed by atoms with Gasteiger partial charge in [0.25, 0.3) is 0 Å². The molecule has 0 atom stereocenters. The Bertz CT molecular complexity index is 4510. The van der Waals surface area contributed by atoms with Gasteiger partial charge in [0, 0.05) is 38.5 Å². The van der Waals surface area contributed by atoms with Gasteiger partial charge >= 0.3 is 0 Å². The van der Waals surface area contributed by atoms with Crippen LogP contribution in [0.1, 0.15) is 50.1 Å². The molecule has 0 unspecified atom stereocenters. The Morgan fingerprint density at radius 1 is 0.247 bits per heavy atom. The third-order valence-electron chi connectivity index (χ3n) is 15.5. The molecule has 0 radical (unpaired) electrons. The molecule has 0 bridgehead atoms. The highest BCUT2D eigenvalue weighted by Crippen LogP contribution is 2.35. The number of carbonyl (C=O) groups is 3. The van der Waals surface area contributed by atoms with Gasteiger partial charge in [-0.05, 0) is 163 Å². The Kier molecular flexibility index (Phi) is 17.7. The lowest BCUT2D eigenvalue weighted by Crippen LogP contribution is -2.07. The highest BCUT2D eigenvalue weighted by atomic mass is 16.3. The van der Waals surface area contributed by atoms with Crippen molar-refractivity contribution in [3.8, 4) is 68.7 Å². The van der Waals surface area contributed by atoms with Gasteiger partial charge in [0.2, 0.25) is 0 Å². The molecule has 0 saturated carbocycles. The van der Waals surface area contributed by atoms with Gasteiger partial charge in [0.1, 0.15) is 51.5 Å². The number of ketones is 3. The van der Waals surface area contributed by atoms with Crippen LogP contribution in [0.3, 0.4) is 0 Å². The quantitative estimate of drug-likeness (QED) is 0.0783. The van der Waals surface area contributed by atoms with Gasteiger partial charge in [0.05, 0.1) is 70.7 Å². The zero-order valence-electron chi connectivity index (χ0n) is 51.1. The molecule has 456 valence electrons. The van der Waals surface area contributed by atoms with Crippen LogP contribution in [0.15, 0.2) is 264 Å². The van der Waals surface area contributed by atoms with Crippen LogP contribution in [0.25, 0.3) is 102 Å². The van der Waals surface area contributed by atoms with E-state index in [-0.39, 0.29) is 17.3 Å². The van der Waals surface area contributed by atoms with E-state index < -0.39 is 0 Å². The molecule has 15 rings (SSSR count). The smallest absolute Gasteiger partial charge is 0.154 e. The number of aromatic nitrogens is 6. The molecule has 0 spiro atoms. The summed E-state index contributed by atoms with van der Waals surface area (Å²) in [6.07, 6.45) is 11.9. The number of Topliss-reactive ketones (excluding diaryl/α,β-unsaturated/α-hetero) is 3. The van der Waals surface area contributed by atoms with Gasteiger partial charge in [-0.15, -0.1) is 0 Å². The Hall–Kier alpha value is -12.0. The SMILES string of the molecule is Cc1ccc(CC(=O)Cc2ccc3nc(-c4ccco4)c(-c4ccco4)nc3c2)cc1.Cc1ccc(CC(=O)Cc2ccc3nc(-c4ccco4)c(-c4ccco4)nc3c2)cc1.Cc1ccc(CC(=O)Cc2ccc3nc(-c4ccco4)c(-c4ccco4)nc3c2)cc1. The fraction of sp³-hybridized carbons (Fsp3) is 0.115. The van der Waals surface area contributed by atoms with Crippen LogP contribution >= 0.6 is 0 Å². The largest absolute Gasteiger partial charge is 0.463 e. The average Bonchev–Trinajstić information content (AvgIpc) is 1.71. The van der Waals surface area contributed by atoms with Gasteiger partial charge in [-0.3, -0.25) is 14.4 Å². The first-order valence-corrected chi connectivity index (χ1v) is 30.3. The van der Waals surface area contributed by atoms with Crippen molar-refractivity contribution in [3.05, 3.63) is 288 Å². The molecule has 6 aromatic carbocycles. The van der Waals surface area contributed by atoms with Crippen molar-refractivity contribution in [1.82, 2.24) is 29.9 Å². The maximum atomic E-state index is 12.6. The number of carbonyl (C=O) groups excluding carboxylic acids is 3. The van der Waals surface area contributed by atoms with Crippen molar-refractivity contribution in [3.63, 3.8) is 0 Å². The summed E-state index contributed by atoms with van der Waals surface area (Å²) in [7, 11) is 0. The molecule has 0 saturated heterocycles. The maximum Gasteiger partial charge on any atom is 0.154 e. The van der Waals surface area contributed by atoms with E-state index in [4.69, 9.17) is 56.4 Å². The number of aryl methyl sites for hydroxylation is 3. The van der Waals surface area contributed by atoms with E-state index in [1.54, 1.807) is 37.6 Å². The van der Waals surface area contributed by atoms with E-state index in [1.165, 1.54) is 16.7 Å². The minimum absolute atomic E-state index is 0.162. The summed E-state index contributed by atoms with van der Waals surface area (Å²) < 4.78 is 33.4. The third kappa shape index (κ3) is 14.5. The molecule has 0 fully saturated rings. The van der Waals surface area contributed by atoms with E-state index in [0.717, 1.165) is 49.9 Å². The molecule has 15 heteroatoms. The molecule has 93 heavy (non-hydrogen) atoms. The van der Waals surface area contributed by atoms with Crippen LogP contribution in [-0.2, 0) is 52.9 Å². The highest BCUT2D eigenvalue weighted by molar-refractivity contribution is 5.90. The number of furan rings is 6. The first-order valence-electron chi connectivity index (χ1n) is 30.3. The predicted octanol–water partition coefficient (Wildman–Crippen LogP) is 17.4. The number of nitrogens with zero attached hydrogens (tertiary/aromatic N) is 6. The molecular formula is C78H60N6O9. The normalized spacial score (nSPS) is 11.1. The fourth-order valence-electron chi connectivity index (χ4n) is 10.8. The van der Waals surface area contributed by atoms with Crippen LogP contribution in [0.2, 0.25) is 0 Å². The Labute approximate surface area is 534 Å². The van der Waals surface area contributed by atoms with Gasteiger partial charge < -0.3 is 26.5 Å². The Balaban J connectivity index is 0.000000127. The second kappa shape index (κ2) is 27.4. The lowest BCUT2D eigenvalue weighted by Gasteiger charge is -2.08. The summed E-state index contributed by atoms with van der Waals surface area (Å²) in [5.74, 6) is 4.19. The summed E-state index contributed by atoms with van der Waals surface area (Å²) >= 11 is 0. The number of fused-ring (bicyclic) bond motifs is 3. The van der Waals surface area contributed by atoms with Crippen LogP contribution < -0.4 is 0 Å². The number of benzene rings is 6. The van der Waals surface area contributed by atoms with Crippen molar-refractivity contribution < 1.29 is 40.9 Å². The van der Waals surface area contributed by atoms with Crippen LogP contribution in [0.5, 0.6) is 0 Å². The molecule has 0 N–H and O–H groups in total. The van der Waals surface area contributed by atoms with E-state index in [9.17, 15) is 14.4 Å². The molecular weight excluding hydrogens is 1160 g/mol. The summed E-state index contributed by atoms with van der Waals surface area (Å²) in [6.45, 7) is 6.11. The summed E-state index contributed by atoms with van der Waals surface area (Å²) in [4.78, 5) is 66.5. The van der Waals surface area contributed by atoms with Crippen LogP contribution in [0.4, 0.5) is 0 Å². The monoisotopic (exact) mass is 1220 g/mol. The van der Waals surface area contributed by atoms with Crippen molar-refractivity contribution >= 4 is 50.4 Å². The molecule has 0 aliphatic rings. The topological polar surface area (TPSA) is 207 Å². The summed E-state index contributed by atoms with van der Waals surface area (Å²) in [5.41, 5.74) is 17.4. The minimum atomic E-state index is 0.162. The zero-order chi connectivity index (χ0) is 63.6. The first kappa shape index (κ1) is 60.0. The van der Waals surface area contributed by atoms with Crippen LogP contribution in [-0.4, -0.2) is 47.3 Å². The highest BCUT2D eigenvalue weighted by Gasteiger charge is 2.22. The second-order valence-electron chi connectivity index (χ2n) is 22.7. The van der Waals surface area contributed by atoms with Crippen molar-refractivity contribution in [2.24, 2.45) is 0 Å². The Morgan fingerprint density at radius 2 is 0.441 bits per heavy atom. The fourth-order valence-corrected chi connectivity index (χ4v) is 10.8. The number of rotatable bonds is 18. The first-order chi connectivity index (χ1) is 45.5. The van der Waals surface area contributed by atoms with E-state index in [2.05, 4.69) is 0 Å². The molecule has 15 aromatic rings. The van der Waals surface area contributed by atoms with Crippen molar-refractivity contribution in [1.29, 1.82) is 0 Å². The minimum Gasteiger partial charge on any atom is -0.463 e. The van der Waals surface area contributed by atoms with Gasteiger partial charge in [-0.1, -0.05) is 108 Å². The lowest BCUT2D eigenvalue weighted by molar-refractivity contribution is -0.118. The third-order valence-corrected chi connectivity index (χ3v) is 15.5. The summed E-state index contributed by atoms with van der Waals surface area (Å²) in [6, 6.07) is 63.4. The summed E-state index contributed by atoms with van der Waals surface area (Å²) in [5, 5.41) is 0. The molecule has 15 nitrogen and oxygen atoms in total. The van der Waals surface area contributed by atoms with Gasteiger partial charge in [0.15, 0.2) is 34.6 Å². The maximum absolute atomic E-state index is 12.6. The van der Waals surface area contributed by atoms with E-state index in [0.29, 0.717) is 124 Å². The van der Waals surface area contributed by atoms with Crippen molar-refractivity contribution in [2.75, 3.05) is 0 Å². The zero-order valence-corrected chi connectivity index (χ0v) is 51.1. The van der Waals surface area contributed by atoms with Gasteiger partial charge in [-0.2, -0.15) is 0 Å². The second-order valence-corrected chi connectivity index (χ2v) is 22.7.